The van der Waals surface area contributed by atoms with Crippen LogP contribution in [0.25, 0.3) is 0 Å². The van der Waals surface area contributed by atoms with Crippen molar-refractivity contribution < 1.29 is 24.9 Å². The molecule has 0 heterocycles. The third kappa shape index (κ3) is 6.76. The molecular formula is C11H22O5. The van der Waals surface area contributed by atoms with E-state index in [0.29, 0.717) is 0 Å². The van der Waals surface area contributed by atoms with E-state index >= 15 is 0 Å². The molecule has 3 N–H and O–H groups in total. The lowest BCUT2D eigenvalue weighted by Crippen LogP contribution is -2.44. The highest BCUT2D eigenvalue weighted by molar-refractivity contribution is 5.69. The van der Waals surface area contributed by atoms with E-state index in [4.69, 9.17) is 20.1 Å². The van der Waals surface area contributed by atoms with E-state index in [9.17, 15) is 4.79 Å². The van der Waals surface area contributed by atoms with Gasteiger partial charge in [-0.25, -0.2) is 0 Å². The maximum Gasteiger partial charge on any atom is 0.314 e. The zero-order chi connectivity index (χ0) is 12.6. The zero-order valence-electron chi connectivity index (χ0n) is 9.98. The third-order valence-corrected chi connectivity index (χ3v) is 2.31. The van der Waals surface area contributed by atoms with E-state index in [1.807, 2.05) is 0 Å². The van der Waals surface area contributed by atoms with Crippen molar-refractivity contribution in [1.82, 2.24) is 0 Å². The van der Waals surface area contributed by atoms with Crippen LogP contribution in [0.5, 0.6) is 0 Å². The van der Waals surface area contributed by atoms with Gasteiger partial charge in [0.1, 0.15) is 0 Å². The Morgan fingerprint density at radius 2 is 1.81 bits per heavy atom. The second-order valence-corrected chi connectivity index (χ2v) is 3.88. The molecule has 0 aromatic heterocycles. The molecule has 0 spiro atoms. The van der Waals surface area contributed by atoms with Crippen molar-refractivity contribution in [2.45, 2.75) is 64.4 Å². The number of hydrogen-bond donors (Lipinski definition) is 3. The average Bonchev–Trinajstić information content (AvgIpc) is 2.19. The van der Waals surface area contributed by atoms with Gasteiger partial charge in [-0.2, -0.15) is 0 Å². The summed E-state index contributed by atoms with van der Waals surface area (Å²) in [7, 11) is 0. The van der Waals surface area contributed by atoms with Gasteiger partial charge >= 0.3 is 11.9 Å². The Morgan fingerprint density at radius 1 is 1.19 bits per heavy atom. The number of esters is 1. The fraction of sp³-hybridized carbons (Fsp3) is 0.909. The quantitative estimate of drug-likeness (QED) is 0.330. The molecule has 0 radical (unpaired) electrons. The second-order valence-electron chi connectivity index (χ2n) is 3.88. The van der Waals surface area contributed by atoms with Crippen molar-refractivity contribution in [1.29, 1.82) is 0 Å². The number of ether oxygens (including phenoxy) is 1. The number of hydrogen-bond acceptors (Lipinski definition) is 5. The minimum Gasteiger partial charge on any atom is -0.454 e. The van der Waals surface area contributed by atoms with Crippen LogP contribution in [-0.4, -0.2) is 33.4 Å². The molecular weight excluding hydrogens is 212 g/mol. The number of unbranched alkanes of at least 4 members (excludes halogenated alkanes) is 3. The first-order valence-corrected chi connectivity index (χ1v) is 5.78. The van der Waals surface area contributed by atoms with Crippen LogP contribution < -0.4 is 0 Å². The SMILES string of the molecule is CCCCCCC(=O)OC(CC)C(O)(O)O. The van der Waals surface area contributed by atoms with Crippen LogP contribution in [0.15, 0.2) is 0 Å². The molecule has 5 heteroatoms. The minimum atomic E-state index is -2.95. The van der Waals surface area contributed by atoms with Crippen molar-refractivity contribution in [2.24, 2.45) is 0 Å². The molecule has 0 saturated heterocycles. The lowest BCUT2D eigenvalue weighted by atomic mass is 10.1. The Morgan fingerprint density at radius 3 is 2.25 bits per heavy atom. The number of carbonyl (C=O) groups is 1. The van der Waals surface area contributed by atoms with Gasteiger partial charge in [-0.05, 0) is 12.8 Å². The summed E-state index contributed by atoms with van der Waals surface area (Å²) < 4.78 is 4.76. The molecule has 0 rings (SSSR count). The highest BCUT2D eigenvalue weighted by atomic mass is 16.7. The molecule has 1 atom stereocenters. The van der Waals surface area contributed by atoms with Crippen LogP contribution in [0.3, 0.4) is 0 Å². The van der Waals surface area contributed by atoms with Gasteiger partial charge in [0.05, 0.1) is 0 Å². The Balaban J connectivity index is 3.84. The Labute approximate surface area is 96.0 Å². The van der Waals surface area contributed by atoms with Crippen molar-refractivity contribution in [2.75, 3.05) is 0 Å². The van der Waals surface area contributed by atoms with Crippen LogP contribution in [0.4, 0.5) is 0 Å². The van der Waals surface area contributed by atoms with Crippen molar-refractivity contribution in [3.63, 3.8) is 0 Å². The molecule has 0 fully saturated rings. The van der Waals surface area contributed by atoms with Gasteiger partial charge in [0, 0.05) is 6.42 Å². The molecule has 0 amide bonds. The molecule has 0 aliphatic heterocycles. The maximum atomic E-state index is 11.3. The van der Waals surface area contributed by atoms with Crippen molar-refractivity contribution in [3.8, 4) is 0 Å². The van der Waals surface area contributed by atoms with Gasteiger partial charge in [0.2, 0.25) is 0 Å². The van der Waals surface area contributed by atoms with E-state index < -0.39 is 18.0 Å². The van der Waals surface area contributed by atoms with Gasteiger partial charge in [-0.3, -0.25) is 4.79 Å². The standard InChI is InChI=1S/C11H22O5/c1-3-5-6-7-8-10(12)16-9(4-2)11(13,14)15/h9,13-15H,3-8H2,1-2H3. The summed E-state index contributed by atoms with van der Waals surface area (Å²) in [5.41, 5.74) is 0. The van der Waals surface area contributed by atoms with E-state index in [0.717, 1.165) is 25.7 Å². The van der Waals surface area contributed by atoms with E-state index in [1.54, 1.807) is 6.92 Å². The average molecular weight is 234 g/mol. The molecule has 0 bridgehead atoms. The molecule has 96 valence electrons. The number of carbonyl (C=O) groups excluding carboxylic acids is 1. The first-order chi connectivity index (χ1) is 7.41. The van der Waals surface area contributed by atoms with E-state index in [-0.39, 0.29) is 12.8 Å². The summed E-state index contributed by atoms with van der Waals surface area (Å²) in [4.78, 5) is 11.3. The summed E-state index contributed by atoms with van der Waals surface area (Å²) >= 11 is 0. The molecule has 0 aliphatic carbocycles. The molecule has 16 heavy (non-hydrogen) atoms. The van der Waals surface area contributed by atoms with Gasteiger partial charge in [-0.1, -0.05) is 33.1 Å². The molecule has 0 aliphatic rings. The predicted octanol–water partition coefficient (Wildman–Crippen LogP) is 0.909. The second kappa shape index (κ2) is 7.60. The van der Waals surface area contributed by atoms with Gasteiger partial charge < -0.3 is 20.1 Å². The van der Waals surface area contributed by atoms with Gasteiger partial charge in [0.25, 0.3) is 0 Å². The summed E-state index contributed by atoms with van der Waals surface area (Å²) in [5.74, 6) is -3.46. The minimum absolute atomic E-state index is 0.143. The number of aliphatic hydroxyl groups is 3. The van der Waals surface area contributed by atoms with Crippen molar-refractivity contribution >= 4 is 5.97 Å². The lowest BCUT2D eigenvalue weighted by molar-refractivity contribution is -0.356. The summed E-state index contributed by atoms with van der Waals surface area (Å²) in [5, 5.41) is 26.6. The van der Waals surface area contributed by atoms with E-state index in [1.165, 1.54) is 0 Å². The Bertz CT molecular complexity index is 197. The lowest BCUT2D eigenvalue weighted by Gasteiger charge is -2.24. The summed E-state index contributed by atoms with van der Waals surface area (Å²) in [6.07, 6.45) is 2.92. The van der Waals surface area contributed by atoms with Crippen LogP contribution in [0.1, 0.15) is 52.4 Å². The highest BCUT2D eigenvalue weighted by Gasteiger charge is 2.33. The van der Waals surface area contributed by atoms with Crippen LogP contribution in [0.2, 0.25) is 0 Å². The summed E-state index contributed by atoms with van der Waals surface area (Å²) in [6.45, 7) is 3.66. The maximum absolute atomic E-state index is 11.3. The molecule has 1 unspecified atom stereocenters. The van der Waals surface area contributed by atoms with Gasteiger partial charge in [0.15, 0.2) is 6.10 Å². The summed E-state index contributed by atoms with van der Waals surface area (Å²) in [6, 6.07) is 0. The Kier molecular flexibility index (Phi) is 7.29. The Hall–Kier alpha value is -0.650. The third-order valence-electron chi connectivity index (χ3n) is 2.31. The first-order valence-electron chi connectivity index (χ1n) is 5.78. The molecule has 0 aromatic rings. The normalized spacial score (nSPS) is 13.6. The smallest absolute Gasteiger partial charge is 0.314 e. The van der Waals surface area contributed by atoms with E-state index in [2.05, 4.69) is 6.92 Å². The number of rotatable bonds is 8. The zero-order valence-corrected chi connectivity index (χ0v) is 9.98. The predicted molar refractivity (Wildman–Crippen MR) is 58.3 cm³/mol. The topological polar surface area (TPSA) is 87.0 Å². The van der Waals surface area contributed by atoms with Crippen LogP contribution in [0, 0.1) is 0 Å². The molecule has 0 aromatic carbocycles. The van der Waals surface area contributed by atoms with Gasteiger partial charge in [-0.15, -0.1) is 0 Å². The fourth-order valence-electron chi connectivity index (χ4n) is 1.35. The van der Waals surface area contributed by atoms with Crippen molar-refractivity contribution in [3.05, 3.63) is 0 Å². The molecule has 0 saturated carbocycles. The monoisotopic (exact) mass is 234 g/mol. The largest absolute Gasteiger partial charge is 0.454 e. The van der Waals surface area contributed by atoms with Crippen LogP contribution >= 0.6 is 0 Å². The first kappa shape index (κ1) is 15.3. The van der Waals surface area contributed by atoms with Crippen LogP contribution in [-0.2, 0) is 9.53 Å². The molecule has 5 nitrogen and oxygen atoms in total. The fourth-order valence-corrected chi connectivity index (χ4v) is 1.35. The highest BCUT2D eigenvalue weighted by Crippen LogP contribution is 2.13.